The van der Waals surface area contributed by atoms with Gasteiger partial charge in [-0.3, -0.25) is 0 Å². The van der Waals surface area contributed by atoms with Crippen LogP contribution in [0.1, 0.15) is 5.56 Å². The number of halogens is 4. The van der Waals surface area contributed by atoms with Gasteiger partial charge in [-0.05, 0) is 12.1 Å². The van der Waals surface area contributed by atoms with Crippen LogP contribution < -0.4 is 4.90 Å². The molecule has 0 aromatic carbocycles. The molecule has 1 aromatic heterocycles. The molecule has 1 aliphatic heterocycles. The maximum atomic E-state index is 12.6. The molecule has 0 aliphatic carbocycles. The number of aromatic nitrogens is 1. The Labute approximate surface area is 106 Å². The van der Waals surface area contributed by atoms with E-state index in [2.05, 4.69) is 4.98 Å². The zero-order valence-corrected chi connectivity index (χ0v) is 9.78. The lowest BCUT2D eigenvalue weighted by Crippen LogP contribution is -2.23. The normalized spacial score (nSPS) is 24.7. The van der Waals surface area contributed by atoms with Crippen molar-refractivity contribution < 1.29 is 23.4 Å². The van der Waals surface area contributed by atoms with Crippen LogP contribution in [-0.2, 0) is 6.18 Å². The zero-order valence-electron chi connectivity index (χ0n) is 9.02. The Morgan fingerprint density at radius 1 is 1.22 bits per heavy atom. The third-order valence-electron chi connectivity index (χ3n) is 2.69. The van der Waals surface area contributed by atoms with Gasteiger partial charge < -0.3 is 15.1 Å². The standard InChI is InChI=1S/C10H10ClF3N2O2/c11-8-1-5(10(12,13)14)2-9(15-8)16-3-6(17)7(18)4-16/h1-2,6-7,17-18H,3-4H2. The van der Waals surface area contributed by atoms with E-state index in [4.69, 9.17) is 11.6 Å². The Bertz CT molecular complexity index is 445. The zero-order chi connectivity index (χ0) is 13.5. The molecule has 2 unspecified atom stereocenters. The third kappa shape index (κ3) is 2.68. The van der Waals surface area contributed by atoms with Gasteiger partial charge in [-0.1, -0.05) is 11.6 Å². The lowest BCUT2D eigenvalue weighted by Gasteiger charge is -2.18. The molecule has 0 spiro atoms. The summed E-state index contributed by atoms with van der Waals surface area (Å²) >= 11 is 5.54. The molecule has 2 rings (SSSR count). The number of aliphatic hydroxyl groups excluding tert-OH is 2. The molecule has 1 saturated heterocycles. The second kappa shape index (κ2) is 4.56. The van der Waals surface area contributed by atoms with Crippen molar-refractivity contribution in [3.63, 3.8) is 0 Å². The second-order valence-electron chi connectivity index (χ2n) is 4.07. The first-order chi connectivity index (χ1) is 8.27. The highest BCUT2D eigenvalue weighted by Crippen LogP contribution is 2.33. The highest BCUT2D eigenvalue weighted by Gasteiger charge is 2.34. The summed E-state index contributed by atoms with van der Waals surface area (Å²) in [5, 5.41) is 18.4. The van der Waals surface area contributed by atoms with Gasteiger partial charge in [-0.15, -0.1) is 0 Å². The van der Waals surface area contributed by atoms with Crippen molar-refractivity contribution >= 4 is 17.4 Å². The Morgan fingerprint density at radius 3 is 2.28 bits per heavy atom. The maximum Gasteiger partial charge on any atom is 0.416 e. The molecule has 4 nitrogen and oxygen atoms in total. The van der Waals surface area contributed by atoms with Crippen molar-refractivity contribution in [1.29, 1.82) is 0 Å². The number of β-amino-alcohol motifs (C(OH)–C–C–N with tert-alkyl or cyclic N) is 2. The highest BCUT2D eigenvalue weighted by atomic mass is 35.5. The smallest absolute Gasteiger partial charge is 0.389 e. The Kier molecular flexibility index (Phi) is 3.39. The Balaban J connectivity index is 2.32. The van der Waals surface area contributed by atoms with Crippen LogP contribution in [0.3, 0.4) is 0 Å². The van der Waals surface area contributed by atoms with Gasteiger partial charge in [0.15, 0.2) is 0 Å². The van der Waals surface area contributed by atoms with Crippen molar-refractivity contribution in [3.8, 4) is 0 Å². The molecule has 100 valence electrons. The van der Waals surface area contributed by atoms with E-state index < -0.39 is 23.9 Å². The number of nitrogens with zero attached hydrogens (tertiary/aromatic N) is 2. The monoisotopic (exact) mass is 282 g/mol. The lowest BCUT2D eigenvalue weighted by molar-refractivity contribution is -0.137. The molecule has 1 aliphatic rings. The van der Waals surface area contributed by atoms with E-state index in [1.807, 2.05) is 0 Å². The van der Waals surface area contributed by atoms with Crippen LogP contribution in [-0.4, -0.2) is 40.5 Å². The van der Waals surface area contributed by atoms with E-state index in [1.165, 1.54) is 4.90 Å². The molecule has 18 heavy (non-hydrogen) atoms. The Hall–Kier alpha value is -1.05. The number of anilines is 1. The fourth-order valence-corrected chi connectivity index (χ4v) is 1.97. The first-order valence-electron chi connectivity index (χ1n) is 5.13. The predicted octanol–water partition coefficient (Wildman–Crippen LogP) is 1.30. The largest absolute Gasteiger partial charge is 0.416 e. The molecule has 2 heterocycles. The van der Waals surface area contributed by atoms with Crippen molar-refractivity contribution in [1.82, 2.24) is 4.98 Å². The fraction of sp³-hybridized carbons (Fsp3) is 0.500. The summed E-state index contributed by atoms with van der Waals surface area (Å²) in [5.74, 6) is -0.00887. The number of rotatable bonds is 1. The average Bonchev–Trinajstić information content (AvgIpc) is 2.57. The van der Waals surface area contributed by atoms with Crippen LogP contribution in [0, 0.1) is 0 Å². The molecule has 1 fully saturated rings. The summed E-state index contributed by atoms with van der Waals surface area (Å²) in [7, 11) is 0. The molecule has 0 saturated carbocycles. The molecule has 1 aromatic rings. The van der Waals surface area contributed by atoms with E-state index in [0.717, 1.165) is 12.1 Å². The maximum absolute atomic E-state index is 12.6. The van der Waals surface area contributed by atoms with Crippen LogP contribution in [0.5, 0.6) is 0 Å². The molecule has 8 heteroatoms. The van der Waals surface area contributed by atoms with E-state index in [-0.39, 0.29) is 24.1 Å². The summed E-state index contributed by atoms with van der Waals surface area (Å²) < 4.78 is 37.8. The van der Waals surface area contributed by atoms with Gasteiger partial charge in [0.05, 0.1) is 17.8 Å². The first-order valence-corrected chi connectivity index (χ1v) is 5.51. The van der Waals surface area contributed by atoms with Crippen molar-refractivity contribution in [2.24, 2.45) is 0 Å². The van der Waals surface area contributed by atoms with E-state index in [1.54, 1.807) is 0 Å². The minimum atomic E-state index is -4.52. The predicted molar refractivity (Wildman–Crippen MR) is 58.5 cm³/mol. The molecule has 2 atom stereocenters. The average molecular weight is 283 g/mol. The summed E-state index contributed by atoms with van der Waals surface area (Å²) in [5.41, 5.74) is -0.909. The van der Waals surface area contributed by atoms with Gasteiger partial charge >= 0.3 is 6.18 Å². The highest BCUT2D eigenvalue weighted by molar-refractivity contribution is 6.29. The molecule has 2 N–H and O–H groups in total. The van der Waals surface area contributed by atoms with Gasteiger partial charge in [0, 0.05) is 13.1 Å². The van der Waals surface area contributed by atoms with Crippen molar-refractivity contribution in [2.75, 3.05) is 18.0 Å². The number of pyridine rings is 1. The SMILES string of the molecule is OC1CN(c2cc(C(F)(F)F)cc(Cl)n2)CC1O. The third-order valence-corrected chi connectivity index (χ3v) is 2.88. The molecular weight excluding hydrogens is 273 g/mol. The van der Waals surface area contributed by atoms with Crippen LogP contribution in [0.4, 0.5) is 19.0 Å². The van der Waals surface area contributed by atoms with Gasteiger partial charge in [-0.2, -0.15) is 13.2 Å². The van der Waals surface area contributed by atoms with Gasteiger partial charge in [0.25, 0.3) is 0 Å². The Morgan fingerprint density at radius 2 is 1.78 bits per heavy atom. The van der Waals surface area contributed by atoms with E-state index >= 15 is 0 Å². The van der Waals surface area contributed by atoms with E-state index in [9.17, 15) is 23.4 Å². The van der Waals surface area contributed by atoms with Crippen LogP contribution in [0.15, 0.2) is 12.1 Å². The van der Waals surface area contributed by atoms with Gasteiger partial charge in [-0.25, -0.2) is 4.98 Å². The van der Waals surface area contributed by atoms with Gasteiger partial charge in [0.1, 0.15) is 11.0 Å². The van der Waals surface area contributed by atoms with Gasteiger partial charge in [0.2, 0.25) is 0 Å². The summed E-state index contributed by atoms with van der Waals surface area (Å²) in [6.45, 7) is 0.0393. The number of hydrogen-bond donors (Lipinski definition) is 2. The fourth-order valence-electron chi connectivity index (χ4n) is 1.77. The second-order valence-corrected chi connectivity index (χ2v) is 4.46. The van der Waals surface area contributed by atoms with Crippen molar-refractivity contribution in [2.45, 2.75) is 18.4 Å². The molecule has 0 radical (unpaired) electrons. The van der Waals surface area contributed by atoms with Crippen molar-refractivity contribution in [3.05, 3.63) is 22.8 Å². The number of alkyl halides is 3. The van der Waals surface area contributed by atoms with Crippen LogP contribution >= 0.6 is 11.6 Å². The molecular formula is C10H10ClF3N2O2. The summed E-state index contributed by atoms with van der Waals surface area (Å²) in [6, 6.07) is 1.57. The quantitative estimate of drug-likeness (QED) is 0.762. The number of hydrogen-bond acceptors (Lipinski definition) is 4. The lowest BCUT2D eigenvalue weighted by atomic mass is 10.2. The first kappa shape index (κ1) is 13.4. The van der Waals surface area contributed by atoms with Crippen LogP contribution in [0.25, 0.3) is 0 Å². The summed E-state index contributed by atoms with van der Waals surface area (Å²) in [4.78, 5) is 5.12. The minimum Gasteiger partial charge on any atom is -0.389 e. The molecule has 0 bridgehead atoms. The minimum absolute atomic E-state index is 0.00887. The molecule has 0 amide bonds. The summed E-state index contributed by atoms with van der Waals surface area (Å²) in [6.07, 6.45) is -6.52. The topological polar surface area (TPSA) is 56.6 Å². The van der Waals surface area contributed by atoms with E-state index in [0.29, 0.717) is 0 Å². The van der Waals surface area contributed by atoms with Crippen LogP contribution in [0.2, 0.25) is 5.15 Å². The number of aliphatic hydroxyl groups is 2.